The summed E-state index contributed by atoms with van der Waals surface area (Å²) in [6, 6.07) is 3.96. The molecule has 8 heteroatoms. The van der Waals surface area contributed by atoms with E-state index in [1.165, 1.54) is 0 Å². The Hall–Kier alpha value is -2.87. The minimum absolute atomic E-state index is 0.275. The van der Waals surface area contributed by atoms with Gasteiger partial charge < -0.3 is 10.5 Å². The summed E-state index contributed by atoms with van der Waals surface area (Å²) in [5.74, 6) is 0.520. The maximum atomic E-state index is 12.2. The summed E-state index contributed by atoms with van der Waals surface area (Å²) in [7, 11) is 1.63. The summed E-state index contributed by atoms with van der Waals surface area (Å²) in [5, 5.41) is 12.4. The zero-order chi connectivity index (χ0) is 19.9. The van der Waals surface area contributed by atoms with Gasteiger partial charge in [-0.15, -0.1) is 5.10 Å². The second-order valence-corrected chi connectivity index (χ2v) is 7.62. The molecule has 4 rings (SSSR count). The smallest absolute Gasteiger partial charge is 0.244 e. The van der Waals surface area contributed by atoms with Gasteiger partial charge in [0.05, 0.1) is 11.2 Å². The molecule has 0 spiro atoms. The highest BCUT2D eigenvalue weighted by molar-refractivity contribution is 5.96. The summed E-state index contributed by atoms with van der Waals surface area (Å²) < 4.78 is 7.29. The number of tetrazole rings is 1. The van der Waals surface area contributed by atoms with Crippen molar-refractivity contribution in [3.63, 3.8) is 0 Å². The van der Waals surface area contributed by atoms with Crippen molar-refractivity contribution in [3.05, 3.63) is 53.1 Å². The van der Waals surface area contributed by atoms with Crippen LogP contribution in [-0.2, 0) is 15.1 Å². The van der Waals surface area contributed by atoms with E-state index in [0.29, 0.717) is 23.7 Å². The lowest BCUT2D eigenvalue weighted by Gasteiger charge is -2.36. The van der Waals surface area contributed by atoms with E-state index >= 15 is 0 Å². The van der Waals surface area contributed by atoms with E-state index < -0.39 is 11.4 Å². The molecule has 1 fully saturated rings. The van der Waals surface area contributed by atoms with Crippen LogP contribution in [0.25, 0.3) is 5.57 Å². The average Bonchev–Trinajstić information content (AvgIpc) is 3.44. The van der Waals surface area contributed by atoms with Crippen LogP contribution in [0.1, 0.15) is 49.4 Å². The fourth-order valence-electron chi connectivity index (χ4n) is 3.85. The van der Waals surface area contributed by atoms with Crippen LogP contribution < -0.4 is 5.73 Å². The van der Waals surface area contributed by atoms with Crippen LogP contribution in [0.15, 0.2) is 36.1 Å². The van der Waals surface area contributed by atoms with Crippen LogP contribution in [0.2, 0.25) is 0 Å². The number of carbonyl (C=O) groups is 1. The van der Waals surface area contributed by atoms with Crippen molar-refractivity contribution in [2.75, 3.05) is 7.11 Å². The summed E-state index contributed by atoms with van der Waals surface area (Å²) in [5.41, 5.74) is 8.43. The van der Waals surface area contributed by atoms with Gasteiger partial charge in [0, 0.05) is 25.3 Å². The van der Waals surface area contributed by atoms with Crippen LogP contribution in [0.3, 0.4) is 0 Å². The number of amides is 1. The third-order valence-electron chi connectivity index (χ3n) is 5.62. The standard InChI is InChI=1S/C20H24N6O2/c1-12-4-7-17(22-11-12)14-8-15(18(21)27)10-20(9-14,16-5-6-16)26-19(13(2)28-3)23-24-25-26/h4,7-9,11,13,16H,5-6,10H2,1-3H3,(H2,21,27). The van der Waals surface area contributed by atoms with Crippen molar-refractivity contribution in [3.8, 4) is 0 Å². The molecular formula is C20H24N6O2. The number of nitrogens with zero attached hydrogens (tertiary/aromatic N) is 5. The Morgan fingerprint density at radius 3 is 2.79 bits per heavy atom. The number of primary amides is 1. The first-order chi connectivity index (χ1) is 13.4. The highest BCUT2D eigenvalue weighted by Gasteiger charge is 2.50. The molecule has 146 valence electrons. The van der Waals surface area contributed by atoms with Gasteiger partial charge in [0.15, 0.2) is 5.82 Å². The van der Waals surface area contributed by atoms with E-state index in [1.54, 1.807) is 7.11 Å². The highest BCUT2D eigenvalue weighted by Crippen LogP contribution is 2.52. The monoisotopic (exact) mass is 380 g/mol. The molecule has 2 aromatic rings. The van der Waals surface area contributed by atoms with E-state index in [4.69, 9.17) is 10.5 Å². The molecular weight excluding hydrogens is 356 g/mol. The van der Waals surface area contributed by atoms with Crippen molar-refractivity contribution in [1.82, 2.24) is 25.2 Å². The van der Waals surface area contributed by atoms with Gasteiger partial charge in [-0.2, -0.15) is 0 Å². The lowest BCUT2D eigenvalue weighted by atomic mass is 9.78. The number of hydrogen-bond donors (Lipinski definition) is 1. The third kappa shape index (κ3) is 3.13. The van der Waals surface area contributed by atoms with Crippen molar-refractivity contribution < 1.29 is 9.53 Å². The second kappa shape index (κ2) is 6.94. The summed E-state index contributed by atoms with van der Waals surface area (Å²) in [4.78, 5) is 16.7. The number of pyridine rings is 1. The van der Waals surface area contributed by atoms with Gasteiger partial charge >= 0.3 is 0 Å². The maximum absolute atomic E-state index is 12.2. The van der Waals surface area contributed by atoms with Crippen LogP contribution in [0, 0.1) is 12.8 Å². The first-order valence-corrected chi connectivity index (χ1v) is 9.42. The Kier molecular flexibility index (Phi) is 4.58. The number of aryl methyl sites for hydroxylation is 1. The lowest BCUT2D eigenvalue weighted by Crippen LogP contribution is -2.40. The first kappa shape index (κ1) is 18.5. The fourth-order valence-corrected chi connectivity index (χ4v) is 3.85. The number of ether oxygens (including phenoxy) is 1. The number of methoxy groups -OCH3 is 1. The molecule has 2 aliphatic carbocycles. The molecule has 2 aromatic heterocycles. The normalized spacial score (nSPS) is 23.1. The molecule has 0 aliphatic heterocycles. The van der Waals surface area contributed by atoms with Gasteiger partial charge in [-0.3, -0.25) is 9.78 Å². The number of nitrogens with two attached hydrogens (primary N) is 1. The summed E-state index contributed by atoms with van der Waals surface area (Å²) >= 11 is 0. The minimum atomic E-state index is -0.563. The van der Waals surface area contributed by atoms with Crippen LogP contribution in [0.5, 0.6) is 0 Å². The quantitative estimate of drug-likeness (QED) is 0.822. The maximum Gasteiger partial charge on any atom is 0.244 e. The Bertz CT molecular complexity index is 957. The van der Waals surface area contributed by atoms with E-state index in [1.807, 2.05) is 42.9 Å². The van der Waals surface area contributed by atoms with Gasteiger partial charge in [0.2, 0.25) is 5.91 Å². The molecule has 0 saturated heterocycles. The molecule has 2 heterocycles. The van der Waals surface area contributed by atoms with E-state index in [2.05, 4.69) is 26.6 Å². The van der Waals surface area contributed by atoms with Gasteiger partial charge in [-0.05, 0) is 72.4 Å². The first-order valence-electron chi connectivity index (χ1n) is 9.42. The zero-order valence-corrected chi connectivity index (χ0v) is 16.3. The molecule has 8 nitrogen and oxygen atoms in total. The molecule has 0 radical (unpaired) electrons. The Morgan fingerprint density at radius 2 is 2.18 bits per heavy atom. The van der Waals surface area contributed by atoms with Gasteiger partial charge in [0.1, 0.15) is 6.10 Å². The van der Waals surface area contributed by atoms with E-state index in [0.717, 1.165) is 29.7 Å². The van der Waals surface area contributed by atoms with Crippen molar-refractivity contribution in [1.29, 1.82) is 0 Å². The molecule has 0 bridgehead atoms. The van der Waals surface area contributed by atoms with Crippen LogP contribution in [0.4, 0.5) is 0 Å². The predicted molar refractivity (Wildman–Crippen MR) is 103 cm³/mol. The minimum Gasteiger partial charge on any atom is -0.374 e. The number of hydrogen-bond acceptors (Lipinski definition) is 6. The zero-order valence-electron chi connectivity index (χ0n) is 16.3. The van der Waals surface area contributed by atoms with Crippen LogP contribution >= 0.6 is 0 Å². The van der Waals surface area contributed by atoms with Crippen LogP contribution in [-0.4, -0.2) is 38.2 Å². The topological polar surface area (TPSA) is 109 Å². The molecule has 2 unspecified atom stereocenters. The van der Waals surface area contributed by atoms with Crippen molar-refractivity contribution in [2.24, 2.45) is 11.7 Å². The molecule has 1 amide bonds. The molecule has 28 heavy (non-hydrogen) atoms. The molecule has 1 saturated carbocycles. The average molecular weight is 380 g/mol. The van der Waals surface area contributed by atoms with Crippen molar-refractivity contribution in [2.45, 2.75) is 44.8 Å². The Labute approximate surface area is 163 Å². The number of allylic oxidation sites excluding steroid dienone is 3. The molecule has 2 atom stereocenters. The summed E-state index contributed by atoms with van der Waals surface area (Å²) in [6.45, 7) is 3.90. The van der Waals surface area contributed by atoms with Gasteiger partial charge in [0.25, 0.3) is 0 Å². The van der Waals surface area contributed by atoms with Crippen molar-refractivity contribution >= 4 is 11.5 Å². The molecule has 2 N–H and O–H groups in total. The van der Waals surface area contributed by atoms with Gasteiger partial charge in [-0.25, -0.2) is 4.68 Å². The largest absolute Gasteiger partial charge is 0.374 e. The Morgan fingerprint density at radius 1 is 1.39 bits per heavy atom. The Balaban J connectivity index is 1.89. The number of rotatable bonds is 6. The lowest BCUT2D eigenvalue weighted by molar-refractivity contribution is -0.114. The van der Waals surface area contributed by atoms with E-state index in [-0.39, 0.29) is 6.10 Å². The predicted octanol–water partition coefficient (Wildman–Crippen LogP) is 2.09. The van der Waals surface area contributed by atoms with E-state index in [9.17, 15) is 4.79 Å². The SMILES string of the molecule is COC(C)c1nnnn1C1(C2CC2)C=C(c2ccc(C)cn2)C=C(C(N)=O)C1. The fraction of sp³-hybridized carbons (Fsp3) is 0.450. The third-order valence-corrected chi connectivity index (χ3v) is 5.62. The number of aromatic nitrogens is 5. The van der Waals surface area contributed by atoms with Gasteiger partial charge in [-0.1, -0.05) is 6.07 Å². The molecule has 0 aromatic carbocycles. The highest BCUT2D eigenvalue weighted by atomic mass is 16.5. The summed E-state index contributed by atoms with van der Waals surface area (Å²) in [6.07, 6.45) is 8.06. The molecule has 2 aliphatic rings. The number of carbonyl (C=O) groups excluding carboxylic acids is 1. The second-order valence-electron chi connectivity index (χ2n) is 7.62.